The molecule has 0 bridgehead atoms. The van der Waals surface area contributed by atoms with Crippen LogP contribution >= 0.6 is 12.4 Å². The summed E-state index contributed by atoms with van der Waals surface area (Å²) in [6.07, 6.45) is 6.88. The summed E-state index contributed by atoms with van der Waals surface area (Å²) in [6.45, 7) is 0.560. The van der Waals surface area contributed by atoms with Crippen molar-refractivity contribution in [3.05, 3.63) is 29.8 Å². The summed E-state index contributed by atoms with van der Waals surface area (Å²) in [4.78, 5) is 12.7. The lowest BCUT2D eigenvalue weighted by Crippen LogP contribution is -2.40. The second kappa shape index (κ2) is 9.17. The fraction of sp³-hybridized carbons (Fsp3) is 0.611. The summed E-state index contributed by atoms with van der Waals surface area (Å²) in [7, 11) is -3.59. The van der Waals surface area contributed by atoms with Gasteiger partial charge in [-0.05, 0) is 56.3 Å². The molecule has 0 heterocycles. The highest BCUT2D eigenvalue weighted by atomic mass is 35.5. The maximum atomic E-state index is 12.5. The molecule has 1 amide bonds. The minimum Gasteiger partial charge on any atom is -0.349 e. The molecule has 2 aliphatic carbocycles. The first-order valence-corrected chi connectivity index (χ1v) is 10.6. The van der Waals surface area contributed by atoms with Crippen LogP contribution in [-0.4, -0.2) is 33.0 Å². The molecule has 1 aromatic carbocycles. The Labute approximate surface area is 161 Å². The molecule has 6 nitrogen and oxygen atoms in total. The quantitative estimate of drug-likeness (QED) is 0.679. The number of sulfonamides is 1. The molecule has 2 aliphatic rings. The van der Waals surface area contributed by atoms with E-state index in [4.69, 9.17) is 5.73 Å². The molecule has 2 unspecified atom stereocenters. The highest BCUT2D eigenvalue weighted by molar-refractivity contribution is 7.89. The lowest BCUT2D eigenvalue weighted by molar-refractivity contribution is 0.0928. The van der Waals surface area contributed by atoms with Gasteiger partial charge in [-0.3, -0.25) is 4.79 Å². The Balaban J connectivity index is 0.00000243. The van der Waals surface area contributed by atoms with Crippen LogP contribution in [0.1, 0.15) is 55.3 Å². The van der Waals surface area contributed by atoms with Crippen LogP contribution in [0.4, 0.5) is 0 Å². The van der Waals surface area contributed by atoms with Gasteiger partial charge in [-0.25, -0.2) is 13.1 Å². The van der Waals surface area contributed by atoms with Crippen molar-refractivity contribution in [3.8, 4) is 0 Å². The van der Waals surface area contributed by atoms with Crippen LogP contribution in [0.2, 0.25) is 0 Å². The summed E-state index contributed by atoms with van der Waals surface area (Å²) in [6, 6.07) is 6.34. The van der Waals surface area contributed by atoms with Crippen molar-refractivity contribution in [3.63, 3.8) is 0 Å². The van der Waals surface area contributed by atoms with Gasteiger partial charge in [-0.1, -0.05) is 25.3 Å². The van der Waals surface area contributed by atoms with E-state index in [0.29, 0.717) is 18.0 Å². The monoisotopic (exact) mass is 401 g/mol. The van der Waals surface area contributed by atoms with Crippen LogP contribution in [0.3, 0.4) is 0 Å². The van der Waals surface area contributed by atoms with Crippen LogP contribution in [0, 0.1) is 5.92 Å². The Morgan fingerprint density at radius 1 is 1.12 bits per heavy atom. The smallest absolute Gasteiger partial charge is 0.251 e. The van der Waals surface area contributed by atoms with Gasteiger partial charge in [-0.2, -0.15) is 0 Å². The van der Waals surface area contributed by atoms with Gasteiger partial charge >= 0.3 is 0 Å². The van der Waals surface area contributed by atoms with Crippen molar-refractivity contribution in [1.82, 2.24) is 10.0 Å². The fourth-order valence-electron chi connectivity index (χ4n) is 3.90. The van der Waals surface area contributed by atoms with Crippen LogP contribution in [-0.2, 0) is 10.0 Å². The molecule has 26 heavy (non-hydrogen) atoms. The Kier molecular flexibility index (Phi) is 7.46. The van der Waals surface area contributed by atoms with Crippen molar-refractivity contribution < 1.29 is 13.2 Å². The first-order chi connectivity index (χ1) is 12.0. The molecule has 0 saturated heterocycles. The average molecular weight is 402 g/mol. The highest BCUT2D eigenvalue weighted by Crippen LogP contribution is 2.25. The van der Waals surface area contributed by atoms with E-state index in [1.807, 2.05) is 0 Å². The third kappa shape index (κ3) is 4.97. The topological polar surface area (TPSA) is 101 Å². The number of nitrogens with one attached hydrogen (secondary N) is 2. The van der Waals surface area contributed by atoms with Crippen LogP contribution in [0.25, 0.3) is 0 Å². The molecule has 2 fully saturated rings. The first kappa shape index (κ1) is 21.2. The van der Waals surface area contributed by atoms with Crippen LogP contribution in [0.15, 0.2) is 29.2 Å². The number of hydrogen-bond acceptors (Lipinski definition) is 4. The zero-order valence-electron chi connectivity index (χ0n) is 14.8. The highest BCUT2D eigenvalue weighted by Gasteiger charge is 2.28. The molecule has 0 radical (unpaired) electrons. The van der Waals surface area contributed by atoms with E-state index >= 15 is 0 Å². The molecule has 3 rings (SSSR count). The van der Waals surface area contributed by atoms with Crippen molar-refractivity contribution in [2.75, 3.05) is 6.54 Å². The summed E-state index contributed by atoms with van der Waals surface area (Å²) >= 11 is 0. The minimum absolute atomic E-state index is 0. The molecular weight excluding hydrogens is 374 g/mol. The predicted octanol–water partition coefficient (Wildman–Crippen LogP) is 2.19. The molecular formula is C18H28ClN3O3S. The third-order valence-corrected chi connectivity index (χ3v) is 6.88. The van der Waals surface area contributed by atoms with Gasteiger partial charge in [0.25, 0.3) is 5.91 Å². The number of nitrogens with two attached hydrogens (primary N) is 1. The number of rotatable bonds is 6. The van der Waals surface area contributed by atoms with E-state index in [9.17, 15) is 13.2 Å². The zero-order chi connectivity index (χ0) is 17.9. The van der Waals surface area contributed by atoms with Crippen LogP contribution in [0.5, 0.6) is 0 Å². The second-order valence-corrected chi connectivity index (χ2v) is 8.85. The fourth-order valence-corrected chi connectivity index (χ4v) is 5.25. The van der Waals surface area contributed by atoms with Gasteiger partial charge < -0.3 is 11.1 Å². The molecule has 8 heteroatoms. The van der Waals surface area contributed by atoms with Gasteiger partial charge in [0.1, 0.15) is 0 Å². The molecule has 0 spiro atoms. The van der Waals surface area contributed by atoms with E-state index in [2.05, 4.69) is 10.0 Å². The van der Waals surface area contributed by atoms with Gasteiger partial charge in [0.15, 0.2) is 0 Å². The second-order valence-electron chi connectivity index (χ2n) is 7.14. The number of carbonyl (C=O) groups is 1. The summed E-state index contributed by atoms with van der Waals surface area (Å²) < 4.78 is 27.8. The Hall–Kier alpha value is -1.15. The van der Waals surface area contributed by atoms with Crippen molar-refractivity contribution in [2.45, 2.75) is 61.9 Å². The summed E-state index contributed by atoms with van der Waals surface area (Å²) in [5.41, 5.74) is 6.13. The third-order valence-electron chi connectivity index (χ3n) is 5.36. The number of halogens is 1. The molecule has 2 atom stereocenters. The van der Waals surface area contributed by atoms with Crippen molar-refractivity contribution in [1.29, 1.82) is 0 Å². The lowest BCUT2D eigenvalue weighted by atomic mass is 10.0. The van der Waals surface area contributed by atoms with E-state index in [-0.39, 0.29) is 35.3 Å². The van der Waals surface area contributed by atoms with Crippen molar-refractivity contribution in [2.24, 2.45) is 11.7 Å². The largest absolute Gasteiger partial charge is 0.349 e. The van der Waals surface area contributed by atoms with Gasteiger partial charge in [0.05, 0.1) is 4.90 Å². The normalized spacial score (nSPS) is 23.6. The van der Waals surface area contributed by atoms with E-state index in [1.165, 1.54) is 12.1 Å². The maximum absolute atomic E-state index is 12.5. The number of hydrogen-bond donors (Lipinski definition) is 3. The van der Waals surface area contributed by atoms with Crippen LogP contribution < -0.4 is 15.8 Å². The standard InChI is InChI=1S/C18H27N3O3S.ClH/c19-12-14-6-4-10-17(14)20-18(22)13-5-3-9-16(11-13)25(23,24)21-15-7-1-2-8-15;/h3,5,9,11,14-15,17,21H,1-2,4,6-8,10,12,19H2,(H,20,22);1H. The number of amides is 1. The van der Waals surface area contributed by atoms with Gasteiger partial charge in [0.2, 0.25) is 10.0 Å². The van der Waals surface area contributed by atoms with Crippen molar-refractivity contribution >= 4 is 28.3 Å². The predicted molar refractivity (Wildman–Crippen MR) is 104 cm³/mol. The average Bonchev–Trinajstić information content (AvgIpc) is 3.26. The summed E-state index contributed by atoms with van der Waals surface area (Å²) in [5, 5.41) is 3.01. The maximum Gasteiger partial charge on any atom is 0.251 e. The van der Waals surface area contributed by atoms with Gasteiger partial charge in [0, 0.05) is 17.6 Å². The molecule has 2 saturated carbocycles. The molecule has 4 N–H and O–H groups in total. The molecule has 0 aliphatic heterocycles. The number of carbonyl (C=O) groups excluding carboxylic acids is 1. The molecule has 1 aromatic rings. The summed E-state index contributed by atoms with van der Waals surface area (Å²) in [5.74, 6) is 0.0724. The van der Waals surface area contributed by atoms with Gasteiger partial charge in [-0.15, -0.1) is 12.4 Å². The van der Waals surface area contributed by atoms with E-state index < -0.39 is 10.0 Å². The first-order valence-electron chi connectivity index (χ1n) is 9.13. The Morgan fingerprint density at radius 3 is 2.54 bits per heavy atom. The molecule has 146 valence electrons. The molecule has 0 aromatic heterocycles. The Bertz CT molecular complexity index is 720. The Morgan fingerprint density at radius 2 is 1.85 bits per heavy atom. The van der Waals surface area contributed by atoms with E-state index in [1.54, 1.807) is 12.1 Å². The SMILES string of the molecule is Cl.NCC1CCCC1NC(=O)c1cccc(S(=O)(=O)NC2CCCC2)c1. The lowest BCUT2D eigenvalue weighted by Gasteiger charge is -2.19. The number of benzene rings is 1. The zero-order valence-corrected chi connectivity index (χ0v) is 16.4. The van der Waals surface area contributed by atoms with E-state index in [0.717, 1.165) is 44.9 Å². The minimum atomic E-state index is -3.59.